The van der Waals surface area contributed by atoms with Gasteiger partial charge in [-0.15, -0.1) is 0 Å². The van der Waals surface area contributed by atoms with E-state index >= 15 is 0 Å². The number of ether oxygens (including phenoxy) is 2. The summed E-state index contributed by atoms with van der Waals surface area (Å²) in [6, 6.07) is 11.0. The second-order valence-electron chi connectivity index (χ2n) is 6.08. The van der Waals surface area contributed by atoms with E-state index < -0.39 is 17.5 Å². The van der Waals surface area contributed by atoms with Gasteiger partial charge in [0.05, 0.1) is 23.8 Å². The Kier molecular flexibility index (Phi) is 6.79. The first-order chi connectivity index (χ1) is 14.4. The van der Waals surface area contributed by atoms with Crippen LogP contribution in [0.3, 0.4) is 0 Å². The summed E-state index contributed by atoms with van der Waals surface area (Å²) in [5, 5.41) is 20.8. The molecule has 0 aliphatic carbocycles. The molecule has 30 heavy (non-hydrogen) atoms. The number of aliphatic hydroxyl groups is 1. The minimum atomic E-state index is -0.787. The standard InChI is InChI=1S/C22H20FNO5S/c1-3-28-15-10-8-14(9-11-15)24-21-18(22(27)29-4-2)20(26)17(30-21)12-13-6-5-7-16(23)19(13)25/h5-12,25-26H,3-4H2,1-2H3/b17-12+,24-21?. The molecule has 6 nitrogen and oxygen atoms in total. The molecular formula is C22H20FNO5S. The molecule has 0 saturated heterocycles. The predicted molar refractivity (Wildman–Crippen MR) is 115 cm³/mol. The second-order valence-corrected chi connectivity index (χ2v) is 7.11. The summed E-state index contributed by atoms with van der Waals surface area (Å²) in [4.78, 5) is 17.1. The van der Waals surface area contributed by atoms with Crippen LogP contribution >= 0.6 is 11.8 Å². The van der Waals surface area contributed by atoms with Gasteiger partial charge in [-0.1, -0.05) is 23.9 Å². The molecule has 0 bridgehead atoms. The quantitative estimate of drug-likeness (QED) is 0.620. The van der Waals surface area contributed by atoms with Crippen molar-refractivity contribution in [2.45, 2.75) is 13.8 Å². The third kappa shape index (κ3) is 4.65. The Morgan fingerprint density at radius 1 is 1.13 bits per heavy atom. The number of carbonyl (C=O) groups excluding carboxylic acids is 1. The molecule has 1 heterocycles. The number of aromatic hydroxyl groups is 1. The van der Waals surface area contributed by atoms with Crippen LogP contribution < -0.4 is 4.74 Å². The zero-order valence-electron chi connectivity index (χ0n) is 16.4. The molecule has 0 saturated carbocycles. The van der Waals surface area contributed by atoms with Crippen LogP contribution in [0.1, 0.15) is 19.4 Å². The number of hydrogen-bond donors (Lipinski definition) is 2. The van der Waals surface area contributed by atoms with Crippen LogP contribution in [0, 0.1) is 5.82 Å². The summed E-state index contributed by atoms with van der Waals surface area (Å²) in [7, 11) is 0. The number of para-hydroxylation sites is 1. The molecule has 1 aliphatic rings. The summed E-state index contributed by atoms with van der Waals surface area (Å²) >= 11 is 1.02. The van der Waals surface area contributed by atoms with E-state index in [1.807, 2.05) is 6.92 Å². The maximum atomic E-state index is 13.6. The Morgan fingerprint density at radius 2 is 1.87 bits per heavy atom. The van der Waals surface area contributed by atoms with E-state index in [4.69, 9.17) is 9.47 Å². The molecule has 2 N–H and O–H groups in total. The maximum absolute atomic E-state index is 13.6. The van der Waals surface area contributed by atoms with Gasteiger partial charge in [-0.05, 0) is 50.3 Å². The first-order valence-electron chi connectivity index (χ1n) is 9.24. The highest BCUT2D eigenvalue weighted by Crippen LogP contribution is 2.41. The number of halogens is 1. The van der Waals surface area contributed by atoms with Gasteiger partial charge < -0.3 is 19.7 Å². The third-order valence-corrected chi connectivity index (χ3v) is 5.07. The molecule has 0 radical (unpaired) electrons. The van der Waals surface area contributed by atoms with Crippen LogP contribution in [0.15, 0.2) is 63.7 Å². The van der Waals surface area contributed by atoms with Crippen molar-refractivity contribution in [2.75, 3.05) is 13.2 Å². The molecule has 3 rings (SSSR count). The fourth-order valence-corrected chi connectivity index (χ4v) is 3.71. The first kappa shape index (κ1) is 21.4. The van der Waals surface area contributed by atoms with Gasteiger partial charge >= 0.3 is 5.97 Å². The Bertz CT molecular complexity index is 1040. The van der Waals surface area contributed by atoms with Crippen molar-refractivity contribution in [3.8, 4) is 11.5 Å². The largest absolute Gasteiger partial charge is 0.506 e. The van der Waals surface area contributed by atoms with Crippen LogP contribution in [0.4, 0.5) is 10.1 Å². The fraction of sp³-hybridized carbons (Fsp3) is 0.182. The van der Waals surface area contributed by atoms with Gasteiger partial charge in [-0.25, -0.2) is 14.2 Å². The van der Waals surface area contributed by atoms with E-state index in [1.54, 1.807) is 31.2 Å². The molecule has 0 atom stereocenters. The highest BCUT2D eigenvalue weighted by molar-refractivity contribution is 8.18. The van der Waals surface area contributed by atoms with Crippen molar-refractivity contribution in [3.63, 3.8) is 0 Å². The Labute approximate surface area is 177 Å². The highest BCUT2D eigenvalue weighted by atomic mass is 32.2. The van der Waals surface area contributed by atoms with Crippen molar-refractivity contribution in [1.82, 2.24) is 0 Å². The molecule has 2 aromatic rings. The van der Waals surface area contributed by atoms with Gasteiger partial charge in [0.15, 0.2) is 11.6 Å². The van der Waals surface area contributed by atoms with Gasteiger partial charge in [-0.2, -0.15) is 0 Å². The number of phenols is 1. The van der Waals surface area contributed by atoms with Crippen LogP contribution in [0.5, 0.6) is 11.5 Å². The predicted octanol–water partition coefficient (Wildman–Crippen LogP) is 5.12. The molecule has 8 heteroatoms. The Morgan fingerprint density at radius 3 is 2.53 bits per heavy atom. The lowest BCUT2D eigenvalue weighted by atomic mass is 10.1. The lowest BCUT2D eigenvalue weighted by Gasteiger charge is -2.05. The summed E-state index contributed by atoms with van der Waals surface area (Å²) in [6.45, 7) is 4.20. The van der Waals surface area contributed by atoms with Gasteiger partial charge in [0, 0.05) is 5.56 Å². The molecule has 0 aromatic heterocycles. The van der Waals surface area contributed by atoms with Gasteiger partial charge in [0.2, 0.25) is 0 Å². The summed E-state index contributed by atoms with van der Waals surface area (Å²) in [6.07, 6.45) is 1.39. The number of thioether (sulfide) groups is 1. The van der Waals surface area contributed by atoms with Crippen LogP contribution in [0.25, 0.3) is 6.08 Å². The van der Waals surface area contributed by atoms with Crippen molar-refractivity contribution < 1.29 is 28.9 Å². The van der Waals surface area contributed by atoms with Crippen molar-refractivity contribution in [1.29, 1.82) is 0 Å². The number of hydrogen-bond acceptors (Lipinski definition) is 7. The zero-order valence-corrected chi connectivity index (χ0v) is 17.2. The molecular weight excluding hydrogens is 409 g/mol. The second kappa shape index (κ2) is 9.49. The topological polar surface area (TPSA) is 88.4 Å². The number of phenolic OH excluding ortho intramolecular Hbond substituents is 1. The number of aliphatic hydroxyl groups excluding tert-OH is 1. The number of carbonyl (C=O) groups is 1. The minimum absolute atomic E-state index is 0.0853. The lowest BCUT2D eigenvalue weighted by molar-refractivity contribution is -0.138. The maximum Gasteiger partial charge on any atom is 0.344 e. The van der Waals surface area contributed by atoms with E-state index in [0.717, 1.165) is 17.8 Å². The van der Waals surface area contributed by atoms with Crippen LogP contribution in [-0.2, 0) is 9.53 Å². The number of benzene rings is 2. The van der Waals surface area contributed by atoms with E-state index in [9.17, 15) is 19.4 Å². The molecule has 156 valence electrons. The van der Waals surface area contributed by atoms with Gasteiger partial charge in [-0.3, -0.25) is 0 Å². The fourth-order valence-electron chi connectivity index (χ4n) is 2.68. The molecule has 0 spiro atoms. The van der Waals surface area contributed by atoms with Crippen molar-refractivity contribution >= 4 is 34.5 Å². The smallest absolute Gasteiger partial charge is 0.344 e. The molecule has 2 aromatic carbocycles. The molecule has 0 amide bonds. The SMILES string of the molecule is CCOC(=O)C1=C(O)/C(=C\c2cccc(F)c2O)SC1=Nc1ccc(OCC)cc1. The van der Waals surface area contributed by atoms with E-state index in [-0.39, 0.29) is 33.5 Å². The number of rotatable bonds is 6. The van der Waals surface area contributed by atoms with Crippen molar-refractivity contribution in [3.05, 3.63) is 70.1 Å². The van der Waals surface area contributed by atoms with E-state index in [2.05, 4.69) is 4.99 Å². The summed E-state index contributed by atoms with van der Waals surface area (Å²) in [5.74, 6) is -1.71. The normalized spacial score (nSPS) is 16.4. The monoisotopic (exact) mass is 429 g/mol. The number of aliphatic imine (C=N–C) groups is 1. The van der Waals surface area contributed by atoms with E-state index in [0.29, 0.717) is 18.0 Å². The summed E-state index contributed by atoms with van der Waals surface area (Å²) in [5.41, 5.74) is 0.623. The number of nitrogens with zero attached hydrogens (tertiary/aromatic N) is 1. The number of esters is 1. The average Bonchev–Trinajstić information content (AvgIpc) is 3.02. The highest BCUT2D eigenvalue weighted by Gasteiger charge is 2.33. The Balaban J connectivity index is 2.02. The molecule has 1 aliphatic heterocycles. The van der Waals surface area contributed by atoms with Gasteiger partial charge in [0.25, 0.3) is 0 Å². The zero-order chi connectivity index (χ0) is 21.7. The Hall–Kier alpha value is -3.26. The average molecular weight is 429 g/mol. The first-order valence-corrected chi connectivity index (χ1v) is 10.1. The lowest BCUT2D eigenvalue weighted by Crippen LogP contribution is -2.12. The summed E-state index contributed by atoms with van der Waals surface area (Å²) < 4.78 is 24.1. The minimum Gasteiger partial charge on any atom is -0.506 e. The van der Waals surface area contributed by atoms with Crippen LogP contribution in [0.2, 0.25) is 0 Å². The van der Waals surface area contributed by atoms with Crippen LogP contribution in [-0.4, -0.2) is 34.4 Å². The molecule has 0 unspecified atom stereocenters. The molecule has 0 fully saturated rings. The van der Waals surface area contributed by atoms with Gasteiger partial charge in [0.1, 0.15) is 22.1 Å². The third-order valence-electron chi connectivity index (χ3n) is 4.05. The van der Waals surface area contributed by atoms with Crippen molar-refractivity contribution in [2.24, 2.45) is 4.99 Å². The van der Waals surface area contributed by atoms with E-state index in [1.165, 1.54) is 18.2 Å².